The second kappa shape index (κ2) is 7.83. The van der Waals surface area contributed by atoms with E-state index in [9.17, 15) is 4.79 Å². The first-order chi connectivity index (χ1) is 7.51. The van der Waals surface area contributed by atoms with Gasteiger partial charge in [0, 0.05) is 18.5 Å². The Morgan fingerprint density at radius 3 is 2.31 bits per heavy atom. The van der Waals surface area contributed by atoms with Gasteiger partial charge in [-0.1, -0.05) is 47.5 Å². The third-order valence-electron chi connectivity index (χ3n) is 3.40. The van der Waals surface area contributed by atoms with Crippen LogP contribution >= 0.6 is 0 Å². The van der Waals surface area contributed by atoms with E-state index in [1.807, 2.05) is 0 Å². The van der Waals surface area contributed by atoms with Crippen molar-refractivity contribution < 1.29 is 4.79 Å². The van der Waals surface area contributed by atoms with Crippen molar-refractivity contribution in [3.05, 3.63) is 0 Å². The van der Waals surface area contributed by atoms with Crippen LogP contribution in [0.3, 0.4) is 0 Å². The molecular formula is C14H29NO. The molecule has 0 bridgehead atoms. The summed E-state index contributed by atoms with van der Waals surface area (Å²) >= 11 is 0. The van der Waals surface area contributed by atoms with E-state index in [4.69, 9.17) is 0 Å². The van der Waals surface area contributed by atoms with Gasteiger partial charge in [0.1, 0.15) is 6.29 Å². The monoisotopic (exact) mass is 227 g/mol. The molecule has 0 aliphatic heterocycles. The molecule has 0 saturated carbocycles. The van der Waals surface area contributed by atoms with E-state index >= 15 is 0 Å². The second-order valence-electron chi connectivity index (χ2n) is 5.36. The number of carbonyl (C=O) groups excluding carboxylic acids is 1. The summed E-state index contributed by atoms with van der Waals surface area (Å²) in [6.07, 6.45) is 4.43. The first kappa shape index (κ1) is 15.6. The first-order valence-corrected chi connectivity index (χ1v) is 6.70. The standard InChI is InChI=1S/C14H29NO/c1-6-9-14(5,12-16)11-15(8-3)10-13(4)7-2/h12-13H,6-11H2,1-5H3. The van der Waals surface area contributed by atoms with Gasteiger partial charge in [-0.05, 0) is 18.9 Å². The maximum absolute atomic E-state index is 11.2. The van der Waals surface area contributed by atoms with Gasteiger partial charge in [-0.15, -0.1) is 0 Å². The molecule has 0 aliphatic rings. The number of nitrogens with zero attached hydrogens (tertiary/aromatic N) is 1. The smallest absolute Gasteiger partial charge is 0.127 e. The van der Waals surface area contributed by atoms with Crippen LogP contribution in [0.2, 0.25) is 0 Å². The van der Waals surface area contributed by atoms with Crippen molar-refractivity contribution in [3.63, 3.8) is 0 Å². The Hall–Kier alpha value is -0.370. The summed E-state index contributed by atoms with van der Waals surface area (Å²) in [5.41, 5.74) is -0.155. The third kappa shape index (κ3) is 5.64. The zero-order chi connectivity index (χ0) is 12.6. The third-order valence-corrected chi connectivity index (χ3v) is 3.40. The normalized spacial score (nSPS) is 17.1. The molecule has 2 atom stereocenters. The molecule has 96 valence electrons. The van der Waals surface area contributed by atoms with Crippen LogP contribution in [0.25, 0.3) is 0 Å². The summed E-state index contributed by atoms with van der Waals surface area (Å²) in [5.74, 6) is 0.720. The topological polar surface area (TPSA) is 20.3 Å². The van der Waals surface area contributed by atoms with Crippen LogP contribution in [0.1, 0.15) is 53.9 Å². The van der Waals surface area contributed by atoms with Crippen molar-refractivity contribution >= 4 is 6.29 Å². The predicted molar refractivity (Wildman–Crippen MR) is 70.6 cm³/mol. The number of aldehydes is 1. The van der Waals surface area contributed by atoms with Crippen molar-refractivity contribution in [1.82, 2.24) is 4.90 Å². The highest BCUT2D eigenvalue weighted by molar-refractivity contribution is 5.58. The summed E-state index contributed by atoms with van der Waals surface area (Å²) in [5, 5.41) is 0. The number of hydrogen-bond donors (Lipinski definition) is 0. The zero-order valence-corrected chi connectivity index (χ0v) is 11.8. The molecule has 0 radical (unpaired) electrons. The van der Waals surface area contributed by atoms with E-state index in [2.05, 4.69) is 39.5 Å². The largest absolute Gasteiger partial charge is 0.303 e. The van der Waals surface area contributed by atoms with Crippen LogP contribution in [0, 0.1) is 11.3 Å². The maximum Gasteiger partial charge on any atom is 0.127 e. The van der Waals surface area contributed by atoms with Crippen LogP contribution in [-0.4, -0.2) is 30.8 Å². The Bertz CT molecular complexity index is 193. The van der Waals surface area contributed by atoms with Crippen molar-refractivity contribution in [3.8, 4) is 0 Å². The lowest BCUT2D eigenvalue weighted by atomic mass is 9.86. The second-order valence-corrected chi connectivity index (χ2v) is 5.36. The number of hydrogen-bond acceptors (Lipinski definition) is 2. The van der Waals surface area contributed by atoms with Crippen molar-refractivity contribution in [1.29, 1.82) is 0 Å². The molecule has 2 unspecified atom stereocenters. The minimum atomic E-state index is -0.155. The molecule has 2 heteroatoms. The molecule has 0 aromatic heterocycles. The molecule has 0 aliphatic carbocycles. The molecule has 0 aromatic rings. The Labute approximate surface area is 101 Å². The summed E-state index contributed by atoms with van der Waals surface area (Å²) in [6, 6.07) is 0. The Morgan fingerprint density at radius 1 is 1.31 bits per heavy atom. The molecule has 0 amide bonds. The fourth-order valence-corrected chi connectivity index (χ4v) is 2.13. The van der Waals surface area contributed by atoms with Gasteiger partial charge >= 0.3 is 0 Å². The van der Waals surface area contributed by atoms with Gasteiger partial charge in [-0.2, -0.15) is 0 Å². The molecule has 16 heavy (non-hydrogen) atoms. The number of carbonyl (C=O) groups is 1. The lowest BCUT2D eigenvalue weighted by molar-refractivity contribution is -0.116. The van der Waals surface area contributed by atoms with Gasteiger partial charge in [0.15, 0.2) is 0 Å². The highest BCUT2D eigenvalue weighted by atomic mass is 16.1. The number of rotatable bonds is 9. The zero-order valence-electron chi connectivity index (χ0n) is 11.8. The van der Waals surface area contributed by atoms with Gasteiger partial charge < -0.3 is 9.69 Å². The quantitative estimate of drug-likeness (QED) is 0.563. The van der Waals surface area contributed by atoms with Gasteiger partial charge in [0.05, 0.1) is 0 Å². The molecule has 0 spiro atoms. The Kier molecular flexibility index (Phi) is 7.65. The Morgan fingerprint density at radius 2 is 1.94 bits per heavy atom. The van der Waals surface area contributed by atoms with Crippen LogP contribution in [0.15, 0.2) is 0 Å². The van der Waals surface area contributed by atoms with E-state index in [0.29, 0.717) is 0 Å². The van der Waals surface area contributed by atoms with Gasteiger partial charge in [0.25, 0.3) is 0 Å². The van der Waals surface area contributed by atoms with E-state index in [-0.39, 0.29) is 5.41 Å². The molecule has 2 nitrogen and oxygen atoms in total. The fourth-order valence-electron chi connectivity index (χ4n) is 2.13. The van der Waals surface area contributed by atoms with Crippen LogP contribution in [-0.2, 0) is 4.79 Å². The first-order valence-electron chi connectivity index (χ1n) is 6.70. The molecule has 0 aromatic carbocycles. The lowest BCUT2D eigenvalue weighted by Crippen LogP contribution is -2.39. The van der Waals surface area contributed by atoms with Crippen LogP contribution in [0.5, 0.6) is 0 Å². The minimum absolute atomic E-state index is 0.155. The van der Waals surface area contributed by atoms with E-state index in [1.54, 1.807) is 0 Å². The summed E-state index contributed by atoms with van der Waals surface area (Å²) < 4.78 is 0. The minimum Gasteiger partial charge on any atom is -0.303 e. The predicted octanol–water partition coefficient (Wildman–Crippen LogP) is 3.36. The maximum atomic E-state index is 11.2. The summed E-state index contributed by atoms with van der Waals surface area (Å²) in [4.78, 5) is 13.6. The molecule has 0 saturated heterocycles. The fraction of sp³-hybridized carbons (Fsp3) is 0.929. The van der Waals surface area contributed by atoms with Gasteiger partial charge in [-0.25, -0.2) is 0 Å². The summed E-state index contributed by atoms with van der Waals surface area (Å²) in [6.45, 7) is 14.0. The van der Waals surface area contributed by atoms with E-state index < -0.39 is 0 Å². The average molecular weight is 227 g/mol. The average Bonchev–Trinajstić information content (AvgIpc) is 2.28. The summed E-state index contributed by atoms with van der Waals surface area (Å²) in [7, 11) is 0. The van der Waals surface area contributed by atoms with Crippen molar-refractivity contribution in [2.45, 2.75) is 53.9 Å². The molecular weight excluding hydrogens is 198 g/mol. The Balaban J connectivity index is 4.32. The molecule has 0 rings (SSSR count). The highest BCUT2D eigenvalue weighted by Gasteiger charge is 2.25. The van der Waals surface area contributed by atoms with Gasteiger partial charge in [0.2, 0.25) is 0 Å². The van der Waals surface area contributed by atoms with E-state index in [0.717, 1.165) is 44.7 Å². The SMILES string of the molecule is CCCC(C)(C=O)CN(CC)CC(C)CC. The highest BCUT2D eigenvalue weighted by Crippen LogP contribution is 2.22. The molecule has 0 N–H and O–H groups in total. The molecule has 0 heterocycles. The van der Waals surface area contributed by atoms with Crippen molar-refractivity contribution in [2.75, 3.05) is 19.6 Å². The van der Waals surface area contributed by atoms with Crippen molar-refractivity contribution in [2.24, 2.45) is 11.3 Å². The van der Waals surface area contributed by atoms with Crippen LogP contribution in [0.4, 0.5) is 0 Å². The lowest BCUT2D eigenvalue weighted by Gasteiger charge is -2.32. The van der Waals surface area contributed by atoms with E-state index in [1.165, 1.54) is 6.42 Å². The van der Waals surface area contributed by atoms with Gasteiger partial charge in [-0.3, -0.25) is 0 Å². The molecule has 0 fully saturated rings. The van der Waals surface area contributed by atoms with Crippen LogP contribution < -0.4 is 0 Å².